The minimum absolute atomic E-state index is 0.0193. The van der Waals surface area contributed by atoms with Gasteiger partial charge in [0.25, 0.3) is 5.91 Å². The quantitative estimate of drug-likeness (QED) is 0.230. The van der Waals surface area contributed by atoms with Crippen molar-refractivity contribution >= 4 is 52.6 Å². The van der Waals surface area contributed by atoms with Gasteiger partial charge in [0.15, 0.2) is 6.29 Å². The smallest absolute Gasteiger partial charge is 0.326 e. The van der Waals surface area contributed by atoms with Crippen LogP contribution in [0.3, 0.4) is 0 Å². The van der Waals surface area contributed by atoms with E-state index < -0.39 is 29.6 Å². The van der Waals surface area contributed by atoms with Crippen molar-refractivity contribution in [2.24, 2.45) is 5.41 Å². The molecule has 10 nitrogen and oxygen atoms in total. The van der Waals surface area contributed by atoms with Crippen LogP contribution in [0.25, 0.3) is 0 Å². The molecule has 41 heavy (non-hydrogen) atoms. The van der Waals surface area contributed by atoms with Crippen LogP contribution >= 0.6 is 23.2 Å². The Hall–Kier alpha value is -3.18. The number of amides is 3. The molecular weight excluding hydrogens is 573 g/mol. The third-order valence-electron chi connectivity index (χ3n) is 7.09. The van der Waals surface area contributed by atoms with Gasteiger partial charge in [0.2, 0.25) is 11.8 Å². The van der Waals surface area contributed by atoms with Crippen LogP contribution in [0.2, 0.25) is 10.0 Å². The third kappa shape index (κ3) is 9.43. The molecule has 3 amide bonds. The van der Waals surface area contributed by atoms with E-state index >= 15 is 0 Å². The summed E-state index contributed by atoms with van der Waals surface area (Å²) in [6.45, 7) is 1.62. The highest BCUT2D eigenvalue weighted by atomic mass is 35.5. The van der Waals surface area contributed by atoms with Gasteiger partial charge in [0.1, 0.15) is 6.04 Å². The molecule has 0 heterocycles. The molecule has 2 atom stereocenters. The largest absolute Gasteiger partial charge is 0.480 e. The Balaban J connectivity index is 1.57. The molecule has 0 spiro atoms. The summed E-state index contributed by atoms with van der Waals surface area (Å²) in [5, 5.41) is 29.4. The zero-order valence-corrected chi connectivity index (χ0v) is 24.2. The molecule has 0 saturated heterocycles. The summed E-state index contributed by atoms with van der Waals surface area (Å²) in [6.07, 6.45) is 2.12. The van der Waals surface area contributed by atoms with Gasteiger partial charge in [-0.05, 0) is 56.0 Å². The van der Waals surface area contributed by atoms with Crippen molar-refractivity contribution in [1.29, 1.82) is 0 Å². The normalized spacial score (nSPS) is 15.5. The number of hydrogen-bond donors (Lipinski definition) is 4. The number of benzene rings is 2. The highest BCUT2D eigenvalue weighted by molar-refractivity contribution is 6.40. The predicted octanol–water partition coefficient (Wildman–Crippen LogP) is 4.61. The molecule has 0 bridgehead atoms. The van der Waals surface area contributed by atoms with E-state index in [1.54, 1.807) is 42.5 Å². The Morgan fingerprint density at radius 1 is 1.02 bits per heavy atom. The number of carbonyl (C=O) groups is 4. The number of carboxylic acid groups (broad SMARTS) is 1. The van der Waals surface area contributed by atoms with Crippen LogP contribution in [0.4, 0.5) is 5.69 Å². The van der Waals surface area contributed by atoms with Crippen molar-refractivity contribution in [2.75, 3.05) is 18.5 Å². The molecule has 0 aliphatic heterocycles. The average molecular weight is 608 g/mol. The van der Waals surface area contributed by atoms with Crippen LogP contribution in [0.5, 0.6) is 0 Å². The molecule has 1 aliphatic carbocycles. The number of ether oxygens (including phenoxy) is 1. The highest BCUT2D eigenvalue weighted by Gasteiger charge is 2.42. The first-order valence-electron chi connectivity index (χ1n) is 13.4. The second-order valence-electron chi connectivity index (χ2n) is 10.1. The maximum Gasteiger partial charge on any atom is 0.326 e. The lowest BCUT2D eigenvalue weighted by atomic mass is 9.81. The van der Waals surface area contributed by atoms with Gasteiger partial charge in [-0.2, -0.15) is 0 Å². The van der Waals surface area contributed by atoms with Crippen molar-refractivity contribution < 1.29 is 34.1 Å². The molecule has 1 unspecified atom stereocenters. The Morgan fingerprint density at radius 3 is 2.24 bits per heavy atom. The standard InChI is InChI=1S/C29H34Cl2N3O7/c1-18(35)41-16-11-24(36)32-15-14-29(12-2-3-13-29)28(40)34-23(27(38)39)17-19-7-9-20(10-8-19)33-26(37)25-21(30)5-4-6-22(25)31/h4-10,18,23H,2-3,11-17H2,1H3,(H,32,36)(H,33,37)(H,34,40)(H,38,39)/t18?,23-/m0/s1. The molecule has 2 aromatic rings. The number of carboxylic acids is 1. The first kappa shape index (κ1) is 32.3. The average Bonchev–Trinajstić information content (AvgIpc) is 3.39. The topological polar surface area (TPSA) is 154 Å². The van der Waals surface area contributed by atoms with Gasteiger partial charge in [0, 0.05) is 18.7 Å². The second kappa shape index (κ2) is 15.2. The molecule has 221 valence electrons. The van der Waals surface area contributed by atoms with E-state index in [9.17, 15) is 29.4 Å². The van der Waals surface area contributed by atoms with Crippen LogP contribution in [0, 0.1) is 5.41 Å². The molecule has 4 N–H and O–H groups in total. The summed E-state index contributed by atoms with van der Waals surface area (Å²) in [6, 6.07) is 10.2. The maximum atomic E-state index is 13.3. The Morgan fingerprint density at radius 2 is 1.66 bits per heavy atom. The summed E-state index contributed by atoms with van der Waals surface area (Å²) in [5.41, 5.74) is 0.493. The molecule has 1 fully saturated rings. The lowest BCUT2D eigenvalue weighted by Crippen LogP contribution is -2.49. The van der Waals surface area contributed by atoms with E-state index in [2.05, 4.69) is 16.0 Å². The van der Waals surface area contributed by atoms with E-state index in [1.165, 1.54) is 6.92 Å². The van der Waals surface area contributed by atoms with Crippen molar-refractivity contribution in [3.05, 3.63) is 63.6 Å². The summed E-state index contributed by atoms with van der Waals surface area (Å²) >= 11 is 12.2. The van der Waals surface area contributed by atoms with E-state index in [0.29, 0.717) is 30.5 Å². The van der Waals surface area contributed by atoms with Gasteiger partial charge in [0.05, 0.1) is 34.1 Å². The molecule has 12 heteroatoms. The molecule has 1 radical (unpaired) electrons. The third-order valence-corrected chi connectivity index (χ3v) is 7.72. The number of nitrogens with one attached hydrogen (secondary N) is 3. The van der Waals surface area contributed by atoms with E-state index in [0.717, 1.165) is 12.8 Å². The molecule has 0 aromatic heterocycles. The van der Waals surface area contributed by atoms with Crippen molar-refractivity contribution in [3.63, 3.8) is 0 Å². The van der Waals surface area contributed by atoms with E-state index in [-0.39, 0.29) is 53.4 Å². The lowest BCUT2D eigenvalue weighted by molar-refractivity contribution is -0.144. The van der Waals surface area contributed by atoms with Gasteiger partial charge in [-0.1, -0.05) is 54.2 Å². The fourth-order valence-corrected chi connectivity index (χ4v) is 5.44. The predicted molar refractivity (Wildman–Crippen MR) is 153 cm³/mol. The van der Waals surface area contributed by atoms with Gasteiger partial charge in [-0.15, -0.1) is 0 Å². The van der Waals surface area contributed by atoms with Crippen molar-refractivity contribution in [3.8, 4) is 0 Å². The zero-order valence-electron chi connectivity index (χ0n) is 22.7. The van der Waals surface area contributed by atoms with E-state index in [1.807, 2.05) is 0 Å². The maximum absolute atomic E-state index is 13.3. The van der Waals surface area contributed by atoms with Crippen LogP contribution in [0.15, 0.2) is 42.5 Å². The molecule has 3 rings (SSSR count). The monoisotopic (exact) mass is 606 g/mol. The number of carbonyl (C=O) groups excluding carboxylic acids is 3. The van der Waals surface area contributed by atoms with Crippen LogP contribution in [0.1, 0.15) is 61.4 Å². The summed E-state index contributed by atoms with van der Waals surface area (Å²) in [4.78, 5) is 50.0. The minimum Gasteiger partial charge on any atom is -0.480 e. The van der Waals surface area contributed by atoms with Crippen LogP contribution in [-0.2, 0) is 30.6 Å². The van der Waals surface area contributed by atoms with Gasteiger partial charge < -0.3 is 25.8 Å². The molecular formula is C29H34Cl2N3O7. The number of aliphatic carboxylic acids is 1. The summed E-state index contributed by atoms with van der Waals surface area (Å²) in [5.74, 6) is -2.27. The Kier molecular flexibility index (Phi) is 12.0. The molecule has 1 aliphatic rings. The fourth-order valence-electron chi connectivity index (χ4n) is 4.87. The summed E-state index contributed by atoms with van der Waals surface area (Å²) < 4.78 is 4.85. The lowest BCUT2D eigenvalue weighted by Gasteiger charge is -2.29. The first-order valence-corrected chi connectivity index (χ1v) is 14.2. The molecule has 1 saturated carbocycles. The van der Waals surface area contributed by atoms with Crippen molar-refractivity contribution in [1.82, 2.24) is 10.6 Å². The fraction of sp³-hybridized carbons (Fsp3) is 0.448. The minimum atomic E-state index is -1.20. The van der Waals surface area contributed by atoms with Gasteiger partial charge in [-0.3, -0.25) is 14.4 Å². The number of hydrogen-bond acceptors (Lipinski definition) is 5. The molecule has 2 aromatic carbocycles. The SMILES string of the molecule is CC([O])OCCC(=O)NCCC1(C(=O)N[C@@H](Cc2ccc(NC(=O)c3c(Cl)cccc3Cl)cc2)C(=O)O)CCCC1. The Labute approximate surface area is 248 Å². The Bertz CT molecular complexity index is 1210. The first-order chi connectivity index (χ1) is 19.5. The number of anilines is 1. The van der Waals surface area contributed by atoms with Crippen LogP contribution in [-0.4, -0.2) is 54.3 Å². The number of rotatable bonds is 14. The van der Waals surface area contributed by atoms with E-state index in [4.69, 9.17) is 27.9 Å². The van der Waals surface area contributed by atoms with Crippen molar-refractivity contribution in [2.45, 2.75) is 64.2 Å². The zero-order chi connectivity index (χ0) is 30.0. The van der Waals surface area contributed by atoms with Gasteiger partial charge in [-0.25, -0.2) is 9.90 Å². The summed E-state index contributed by atoms with van der Waals surface area (Å²) in [7, 11) is 0. The second-order valence-corrected chi connectivity index (χ2v) is 10.9. The number of halogens is 2. The van der Waals surface area contributed by atoms with Gasteiger partial charge >= 0.3 is 5.97 Å². The van der Waals surface area contributed by atoms with Crippen LogP contribution < -0.4 is 16.0 Å². The highest BCUT2D eigenvalue weighted by Crippen LogP contribution is 2.41.